The summed E-state index contributed by atoms with van der Waals surface area (Å²) in [6.07, 6.45) is 10.2. The Morgan fingerprint density at radius 2 is 2.19 bits per heavy atom. The highest BCUT2D eigenvalue weighted by atomic mass is 32.1. The Morgan fingerprint density at radius 3 is 2.95 bits per heavy atom. The van der Waals surface area contributed by atoms with Crippen LogP contribution in [0.2, 0.25) is 0 Å². The van der Waals surface area contributed by atoms with E-state index in [1.165, 1.54) is 60.5 Å². The fraction of sp³-hybridized carbons (Fsp3) is 0.824. The van der Waals surface area contributed by atoms with Crippen molar-refractivity contribution in [2.45, 2.75) is 75.9 Å². The molecule has 3 nitrogen and oxygen atoms in total. The van der Waals surface area contributed by atoms with E-state index in [0.29, 0.717) is 5.92 Å². The number of nitrogens with one attached hydrogen (secondary N) is 1. The van der Waals surface area contributed by atoms with Gasteiger partial charge in [-0.3, -0.25) is 0 Å². The van der Waals surface area contributed by atoms with E-state index in [-0.39, 0.29) is 5.60 Å². The highest BCUT2D eigenvalue weighted by Gasteiger charge is 2.36. The van der Waals surface area contributed by atoms with E-state index >= 15 is 0 Å². The van der Waals surface area contributed by atoms with Gasteiger partial charge in [-0.05, 0) is 58.3 Å². The van der Waals surface area contributed by atoms with E-state index in [1.807, 2.05) is 11.3 Å². The lowest BCUT2D eigenvalue weighted by Crippen LogP contribution is -2.30. The minimum atomic E-state index is -0.116. The van der Waals surface area contributed by atoms with Gasteiger partial charge in [0.15, 0.2) is 0 Å². The molecule has 0 bridgehead atoms. The number of aryl methyl sites for hydroxylation is 1. The standard InChI is InChI=1S/C17H26N2OS/c1-17(9-2-3-10-20-17)16-19-15-12(11-18-13-7-8-13)5-4-6-14(15)21-16/h12-13,18H,2-11H2,1H3. The van der Waals surface area contributed by atoms with Gasteiger partial charge >= 0.3 is 0 Å². The van der Waals surface area contributed by atoms with Gasteiger partial charge in [-0.15, -0.1) is 11.3 Å². The van der Waals surface area contributed by atoms with Gasteiger partial charge in [0.2, 0.25) is 0 Å². The van der Waals surface area contributed by atoms with E-state index < -0.39 is 0 Å². The van der Waals surface area contributed by atoms with Crippen LogP contribution in [-0.2, 0) is 16.8 Å². The summed E-state index contributed by atoms with van der Waals surface area (Å²) >= 11 is 1.93. The van der Waals surface area contributed by atoms with E-state index in [0.717, 1.165) is 25.6 Å². The average Bonchev–Trinajstić information content (AvgIpc) is 3.21. The van der Waals surface area contributed by atoms with Crippen LogP contribution in [0.1, 0.15) is 73.4 Å². The number of hydrogen-bond donors (Lipinski definition) is 1. The fourth-order valence-electron chi connectivity index (χ4n) is 3.63. The molecule has 1 aliphatic heterocycles. The molecule has 2 unspecified atom stereocenters. The second-order valence-electron chi connectivity index (χ2n) is 7.14. The lowest BCUT2D eigenvalue weighted by molar-refractivity contribution is -0.0703. The lowest BCUT2D eigenvalue weighted by Gasteiger charge is -2.31. The summed E-state index contributed by atoms with van der Waals surface area (Å²) in [5, 5.41) is 4.94. The zero-order valence-corrected chi connectivity index (χ0v) is 13.8. The van der Waals surface area contributed by atoms with Crippen molar-refractivity contribution in [3.63, 3.8) is 0 Å². The van der Waals surface area contributed by atoms with Crippen molar-refractivity contribution in [2.24, 2.45) is 0 Å². The molecule has 2 aliphatic carbocycles. The fourth-order valence-corrected chi connectivity index (χ4v) is 4.95. The molecule has 21 heavy (non-hydrogen) atoms. The maximum Gasteiger partial charge on any atom is 0.125 e. The number of hydrogen-bond acceptors (Lipinski definition) is 4. The van der Waals surface area contributed by atoms with Crippen LogP contribution in [0.4, 0.5) is 0 Å². The van der Waals surface area contributed by atoms with Gasteiger partial charge in [-0.1, -0.05) is 0 Å². The molecule has 2 heterocycles. The van der Waals surface area contributed by atoms with Gasteiger partial charge in [0.1, 0.15) is 10.6 Å². The first-order valence-electron chi connectivity index (χ1n) is 8.62. The molecule has 0 amide bonds. The number of aromatic nitrogens is 1. The zero-order valence-electron chi connectivity index (χ0n) is 13.0. The number of thiazole rings is 1. The summed E-state index contributed by atoms with van der Waals surface area (Å²) in [5.41, 5.74) is 1.28. The number of rotatable bonds is 4. The zero-order chi connectivity index (χ0) is 14.3. The summed E-state index contributed by atoms with van der Waals surface area (Å²) < 4.78 is 6.10. The van der Waals surface area contributed by atoms with Crippen LogP contribution in [0.5, 0.6) is 0 Å². The molecule has 0 spiro atoms. The summed E-state index contributed by atoms with van der Waals surface area (Å²) in [4.78, 5) is 6.62. The molecule has 2 atom stereocenters. The van der Waals surface area contributed by atoms with Crippen molar-refractivity contribution in [1.82, 2.24) is 10.3 Å². The second kappa shape index (κ2) is 5.64. The van der Waals surface area contributed by atoms with Crippen molar-refractivity contribution in [3.05, 3.63) is 15.6 Å². The molecule has 0 radical (unpaired) electrons. The van der Waals surface area contributed by atoms with E-state index in [1.54, 1.807) is 0 Å². The van der Waals surface area contributed by atoms with Crippen LogP contribution in [0.25, 0.3) is 0 Å². The molecular weight excluding hydrogens is 280 g/mol. The Kier molecular flexibility index (Phi) is 3.80. The molecule has 1 aromatic rings. The summed E-state index contributed by atoms with van der Waals surface area (Å²) in [6.45, 7) is 4.26. The molecule has 1 saturated heterocycles. The average molecular weight is 306 g/mol. The van der Waals surface area contributed by atoms with E-state index in [4.69, 9.17) is 9.72 Å². The molecule has 0 aromatic carbocycles. The molecular formula is C17H26N2OS. The number of nitrogens with zero attached hydrogens (tertiary/aromatic N) is 1. The van der Waals surface area contributed by atoms with Crippen LogP contribution >= 0.6 is 11.3 Å². The SMILES string of the molecule is CC1(c2nc3c(s2)CCCC3CNC2CC2)CCCCO1. The highest BCUT2D eigenvalue weighted by molar-refractivity contribution is 7.11. The van der Waals surface area contributed by atoms with Gasteiger partial charge in [-0.25, -0.2) is 4.98 Å². The summed E-state index contributed by atoms with van der Waals surface area (Å²) in [5.74, 6) is 0.631. The van der Waals surface area contributed by atoms with Gasteiger partial charge in [-0.2, -0.15) is 0 Å². The van der Waals surface area contributed by atoms with Gasteiger partial charge in [0, 0.05) is 30.0 Å². The van der Waals surface area contributed by atoms with Crippen molar-refractivity contribution in [3.8, 4) is 0 Å². The molecule has 2 fully saturated rings. The maximum atomic E-state index is 6.10. The predicted molar refractivity (Wildman–Crippen MR) is 86.0 cm³/mol. The van der Waals surface area contributed by atoms with Crippen molar-refractivity contribution >= 4 is 11.3 Å². The summed E-state index contributed by atoms with van der Waals surface area (Å²) in [6, 6.07) is 0.799. The molecule has 1 N–H and O–H groups in total. The first-order chi connectivity index (χ1) is 10.2. The third kappa shape index (κ3) is 2.90. The Balaban J connectivity index is 1.54. The van der Waals surface area contributed by atoms with Crippen LogP contribution in [0, 0.1) is 0 Å². The monoisotopic (exact) mass is 306 g/mol. The molecule has 1 aromatic heterocycles. The Bertz CT molecular complexity index is 503. The summed E-state index contributed by atoms with van der Waals surface area (Å²) in [7, 11) is 0. The minimum absolute atomic E-state index is 0.116. The van der Waals surface area contributed by atoms with Gasteiger partial charge in [0.05, 0.1) is 5.69 Å². The molecule has 4 heteroatoms. The smallest absolute Gasteiger partial charge is 0.125 e. The Hall–Kier alpha value is -0.450. The molecule has 1 saturated carbocycles. The quantitative estimate of drug-likeness (QED) is 0.920. The predicted octanol–water partition coefficient (Wildman–Crippen LogP) is 3.73. The first-order valence-corrected chi connectivity index (χ1v) is 9.44. The number of fused-ring (bicyclic) bond motifs is 1. The highest BCUT2D eigenvalue weighted by Crippen LogP contribution is 2.42. The van der Waals surface area contributed by atoms with Crippen LogP contribution in [0.3, 0.4) is 0 Å². The third-order valence-corrected chi connectivity index (χ3v) is 6.60. The van der Waals surface area contributed by atoms with Gasteiger partial charge < -0.3 is 10.1 Å². The second-order valence-corrected chi connectivity index (χ2v) is 8.22. The van der Waals surface area contributed by atoms with Crippen molar-refractivity contribution < 1.29 is 4.74 Å². The van der Waals surface area contributed by atoms with Crippen molar-refractivity contribution in [2.75, 3.05) is 13.2 Å². The first kappa shape index (κ1) is 14.2. The Labute approximate surface area is 131 Å². The third-order valence-electron chi connectivity index (χ3n) is 5.22. The topological polar surface area (TPSA) is 34.2 Å². The van der Waals surface area contributed by atoms with E-state index in [9.17, 15) is 0 Å². The van der Waals surface area contributed by atoms with Gasteiger partial charge in [0.25, 0.3) is 0 Å². The molecule has 3 aliphatic rings. The number of ether oxygens (including phenoxy) is 1. The van der Waals surface area contributed by atoms with Crippen LogP contribution in [0.15, 0.2) is 0 Å². The molecule has 4 rings (SSSR count). The van der Waals surface area contributed by atoms with E-state index in [2.05, 4.69) is 12.2 Å². The minimum Gasteiger partial charge on any atom is -0.368 e. The lowest BCUT2D eigenvalue weighted by atomic mass is 9.90. The largest absolute Gasteiger partial charge is 0.368 e. The normalized spacial score (nSPS) is 32.9. The Morgan fingerprint density at radius 1 is 1.29 bits per heavy atom. The van der Waals surface area contributed by atoms with Crippen LogP contribution < -0.4 is 5.32 Å². The molecule has 116 valence electrons. The maximum absolute atomic E-state index is 6.10. The van der Waals surface area contributed by atoms with Crippen molar-refractivity contribution in [1.29, 1.82) is 0 Å². The van der Waals surface area contributed by atoms with Crippen LogP contribution in [-0.4, -0.2) is 24.2 Å².